The molecule has 0 saturated carbocycles. The fraction of sp³-hybridized carbons (Fsp3) is 0.409. The van der Waals surface area contributed by atoms with Crippen LogP contribution in [0.5, 0.6) is 0 Å². The third kappa shape index (κ3) is 3.71. The minimum absolute atomic E-state index is 0.0962. The number of carbonyl (C=O) groups is 2. The van der Waals surface area contributed by atoms with Gasteiger partial charge in [0.2, 0.25) is 5.91 Å². The van der Waals surface area contributed by atoms with Crippen LogP contribution < -0.4 is 11.2 Å². The molecular weight excluding hydrogens is 398 g/mol. The summed E-state index contributed by atoms with van der Waals surface area (Å²) in [5, 5.41) is 0. The Morgan fingerprint density at radius 1 is 1.06 bits per heavy atom. The van der Waals surface area contributed by atoms with Crippen molar-refractivity contribution >= 4 is 22.9 Å². The summed E-state index contributed by atoms with van der Waals surface area (Å²) in [6, 6.07) is 7.52. The monoisotopic (exact) mass is 423 g/mol. The van der Waals surface area contributed by atoms with Crippen molar-refractivity contribution in [3.63, 3.8) is 0 Å². The maximum absolute atomic E-state index is 12.8. The van der Waals surface area contributed by atoms with Gasteiger partial charge in [0.05, 0.1) is 6.33 Å². The molecule has 0 radical (unpaired) electrons. The quantitative estimate of drug-likeness (QED) is 0.580. The van der Waals surface area contributed by atoms with Crippen LogP contribution in [0.25, 0.3) is 11.2 Å². The number of ketones is 1. The van der Waals surface area contributed by atoms with Crippen molar-refractivity contribution in [3.8, 4) is 0 Å². The van der Waals surface area contributed by atoms with Crippen LogP contribution in [0.4, 0.5) is 0 Å². The number of aromatic nitrogens is 4. The van der Waals surface area contributed by atoms with Crippen LogP contribution in [0.15, 0.2) is 40.2 Å². The average Bonchev–Trinajstić information content (AvgIpc) is 3.17. The fourth-order valence-electron chi connectivity index (χ4n) is 4.12. The summed E-state index contributed by atoms with van der Waals surface area (Å²) < 4.78 is 3.77. The number of hydrogen-bond donors (Lipinski definition) is 0. The summed E-state index contributed by atoms with van der Waals surface area (Å²) in [6.45, 7) is 2.49. The average molecular weight is 423 g/mol. The number of aryl methyl sites for hydroxylation is 3. The summed E-state index contributed by atoms with van der Waals surface area (Å²) in [4.78, 5) is 56.7. The fourth-order valence-corrected chi connectivity index (χ4v) is 4.12. The Balaban J connectivity index is 1.47. The third-order valence-corrected chi connectivity index (χ3v) is 6.05. The molecule has 1 fully saturated rings. The smallest absolute Gasteiger partial charge is 0.332 e. The minimum Gasteiger partial charge on any atom is -0.341 e. The van der Waals surface area contributed by atoms with Crippen molar-refractivity contribution in [2.24, 2.45) is 20.0 Å². The molecule has 1 aliphatic heterocycles. The number of piperidine rings is 1. The van der Waals surface area contributed by atoms with Gasteiger partial charge in [-0.3, -0.25) is 19.0 Å². The number of likely N-dealkylation sites (tertiary alicyclic amines) is 1. The molecule has 1 amide bonds. The first-order valence-electron chi connectivity index (χ1n) is 10.3. The molecule has 0 atom stereocenters. The van der Waals surface area contributed by atoms with Crippen LogP contribution >= 0.6 is 0 Å². The van der Waals surface area contributed by atoms with E-state index in [1.54, 1.807) is 16.5 Å². The van der Waals surface area contributed by atoms with Crippen molar-refractivity contribution in [2.75, 3.05) is 13.1 Å². The third-order valence-electron chi connectivity index (χ3n) is 6.05. The summed E-state index contributed by atoms with van der Waals surface area (Å²) in [5.74, 6) is -0.339. The second-order valence-electron chi connectivity index (χ2n) is 8.15. The van der Waals surface area contributed by atoms with Crippen molar-refractivity contribution in [3.05, 3.63) is 62.6 Å². The topological polar surface area (TPSA) is 99.2 Å². The Morgan fingerprint density at radius 3 is 2.35 bits per heavy atom. The molecule has 1 aromatic carbocycles. The molecule has 0 unspecified atom stereocenters. The van der Waals surface area contributed by atoms with E-state index in [0.29, 0.717) is 31.5 Å². The van der Waals surface area contributed by atoms with Gasteiger partial charge in [-0.1, -0.05) is 29.8 Å². The highest BCUT2D eigenvalue weighted by molar-refractivity contribution is 5.98. The number of hydrogen-bond acceptors (Lipinski definition) is 5. The summed E-state index contributed by atoms with van der Waals surface area (Å²) in [5.41, 5.74) is 1.25. The molecule has 3 aromatic rings. The maximum Gasteiger partial charge on any atom is 0.332 e. The van der Waals surface area contributed by atoms with Gasteiger partial charge in [0.25, 0.3) is 5.56 Å². The normalized spacial score (nSPS) is 14.9. The van der Waals surface area contributed by atoms with Gasteiger partial charge in [0, 0.05) is 38.7 Å². The van der Waals surface area contributed by atoms with Crippen LogP contribution in [-0.4, -0.2) is 48.4 Å². The van der Waals surface area contributed by atoms with E-state index >= 15 is 0 Å². The molecule has 4 rings (SSSR count). The van der Waals surface area contributed by atoms with Gasteiger partial charge >= 0.3 is 5.69 Å². The molecule has 1 saturated heterocycles. The Kier molecular flexibility index (Phi) is 5.34. The first kappa shape index (κ1) is 20.8. The molecule has 0 spiro atoms. The van der Waals surface area contributed by atoms with Crippen LogP contribution in [0.3, 0.4) is 0 Å². The summed E-state index contributed by atoms with van der Waals surface area (Å²) in [7, 11) is 3.20. The van der Waals surface area contributed by atoms with Crippen molar-refractivity contribution in [2.45, 2.75) is 26.3 Å². The molecule has 0 bridgehead atoms. The summed E-state index contributed by atoms with van der Waals surface area (Å²) >= 11 is 0. The first-order chi connectivity index (χ1) is 14.8. The van der Waals surface area contributed by atoms with Gasteiger partial charge in [-0.2, -0.15) is 0 Å². The number of carbonyl (C=O) groups excluding carboxylic acids is 2. The lowest BCUT2D eigenvalue weighted by atomic mass is 9.88. The molecule has 162 valence electrons. The van der Waals surface area contributed by atoms with E-state index in [0.717, 1.165) is 10.1 Å². The zero-order valence-corrected chi connectivity index (χ0v) is 17.9. The largest absolute Gasteiger partial charge is 0.341 e. The molecular formula is C22H25N5O4. The second kappa shape index (κ2) is 7.98. The molecule has 31 heavy (non-hydrogen) atoms. The number of fused-ring (bicyclic) bond motifs is 1. The number of benzene rings is 1. The molecule has 9 nitrogen and oxygen atoms in total. The van der Waals surface area contributed by atoms with E-state index in [4.69, 9.17) is 0 Å². The van der Waals surface area contributed by atoms with Gasteiger partial charge in [0.1, 0.15) is 6.54 Å². The van der Waals surface area contributed by atoms with E-state index in [2.05, 4.69) is 4.98 Å². The molecule has 0 N–H and O–H groups in total. The zero-order valence-electron chi connectivity index (χ0n) is 17.9. The Bertz CT molecular complexity index is 1270. The van der Waals surface area contributed by atoms with E-state index in [1.165, 1.54) is 17.9 Å². The number of Topliss-reactive ketones (excluding diaryl/α,β-unsaturated/α-hetero) is 1. The van der Waals surface area contributed by atoms with Crippen molar-refractivity contribution in [1.29, 1.82) is 0 Å². The molecule has 0 aliphatic carbocycles. The molecule has 1 aliphatic rings. The lowest BCUT2D eigenvalue weighted by Gasteiger charge is -2.31. The van der Waals surface area contributed by atoms with Gasteiger partial charge in [-0.05, 0) is 19.8 Å². The number of imidazole rings is 1. The van der Waals surface area contributed by atoms with Crippen LogP contribution in [0, 0.1) is 12.8 Å². The molecule has 9 heteroatoms. The van der Waals surface area contributed by atoms with E-state index in [-0.39, 0.29) is 35.3 Å². The molecule has 2 aromatic heterocycles. The minimum atomic E-state index is -0.575. The number of amides is 1. The zero-order chi connectivity index (χ0) is 22.3. The van der Waals surface area contributed by atoms with Crippen LogP contribution in [0.2, 0.25) is 0 Å². The lowest BCUT2D eigenvalue weighted by molar-refractivity contribution is -0.133. The van der Waals surface area contributed by atoms with E-state index in [1.807, 2.05) is 31.2 Å². The van der Waals surface area contributed by atoms with Crippen LogP contribution in [-0.2, 0) is 25.4 Å². The maximum atomic E-state index is 12.8. The Labute approximate surface area is 178 Å². The highest BCUT2D eigenvalue weighted by Gasteiger charge is 2.28. The van der Waals surface area contributed by atoms with Crippen molar-refractivity contribution in [1.82, 2.24) is 23.6 Å². The van der Waals surface area contributed by atoms with Crippen LogP contribution in [0.1, 0.15) is 28.8 Å². The highest BCUT2D eigenvalue weighted by Crippen LogP contribution is 2.22. The predicted molar refractivity (Wildman–Crippen MR) is 115 cm³/mol. The van der Waals surface area contributed by atoms with Crippen molar-refractivity contribution < 1.29 is 9.59 Å². The van der Waals surface area contributed by atoms with Gasteiger partial charge in [-0.25, -0.2) is 14.3 Å². The van der Waals surface area contributed by atoms with Gasteiger partial charge in [0.15, 0.2) is 16.9 Å². The van der Waals surface area contributed by atoms with Gasteiger partial charge < -0.3 is 9.47 Å². The number of rotatable bonds is 4. The highest BCUT2D eigenvalue weighted by atomic mass is 16.2. The first-order valence-corrected chi connectivity index (χ1v) is 10.3. The van der Waals surface area contributed by atoms with E-state index in [9.17, 15) is 19.2 Å². The Morgan fingerprint density at radius 2 is 1.71 bits per heavy atom. The second-order valence-corrected chi connectivity index (χ2v) is 8.15. The standard InChI is InChI=1S/C22H25N5O4/c1-14-4-6-15(7-5-14)19(29)16-8-10-26(11-9-16)17(28)12-27-21(30)18-20(23-13-24(18)2)25(3)22(27)31/h4-7,13,16H,8-12H2,1-3H3. The van der Waals surface area contributed by atoms with Gasteiger partial charge in [-0.15, -0.1) is 0 Å². The lowest BCUT2D eigenvalue weighted by Crippen LogP contribution is -2.47. The van der Waals surface area contributed by atoms with E-state index < -0.39 is 11.2 Å². The SMILES string of the molecule is Cc1ccc(C(=O)C2CCN(C(=O)Cn3c(=O)c4c(ncn4C)n(C)c3=O)CC2)cc1. The predicted octanol–water partition coefficient (Wildman–Crippen LogP) is 0.864. The summed E-state index contributed by atoms with van der Waals surface area (Å²) in [6.07, 6.45) is 2.59. The number of nitrogens with zero attached hydrogens (tertiary/aromatic N) is 5. The Hall–Kier alpha value is -3.49. The molecule has 3 heterocycles.